The van der Waals surface area contributed by atoms with Crippen molar-refractivity contribution >= 4 is 0 Å². The number of ether oxygens (including phenoxy) is 2. The van der Waals surface area contributed by atoms with Crippen LogP contribution in [0.25, 0.3) is 0 Å². The molecular formula is C11H25NO2. The SMILES string of the molecule is CCC(C)C(C)NCCOCCOC. The van der Waals surface area contributed by atoms with Gasteiger partial charge in [0.25, 0.3) is 0 Å². The third kappa shape index (κ3) is 7.30. The van der Waals surface area contributed by atoms with Gasteiger partial charge in [0.05, 0.1) is 19.8 Å². The molecule has 0 radical (unpaired) electrons. The molecule has 0 amide bonds. The lowest BCUT2D eigenvalue weighted by Gasteiger charge is -2.19. The smallest absolute Gasteiger partial charge is 0.0700 e. The molecule has 1 N–H and O–H groups in total. The summed E-state index contributed by atoms with van der Waals surface area (Å²) in [6.45, 7) is 9.78. The number of rotatable bonds is 9. The average Bonchev–Trinajstić information content (AvgIpc) is 2.21. The summed E-state index contributed by atoms with van der Waals surface area (Å²) >= 11 is 0. The van der Waals surface area contributed by atoms with Gasteiger partial charge in [-0.1, -0.05) is 20.3 Å². The van der Waals surface area contributed by atoms with E-state index in [1.54, 1.807) is 7.11 Å². The Bertz CT molecular complexity index is 120. The van der Waals surface area contributed by atoms with E-state index in [2.05, 4.69) is 26.1 Å². The molecule has 0 aromatic rings. The second-order valence-electron chi connectivity index (χ2n) is 3.73. The fourth-order valence-electron chi connectivity index (χ4n) is 1.16. The van der Waals surface area contributed by atoms with Gasteiger partial charge in [-0.3, -0.25) is 0 Å². The molecule has 0 aliphatic heterocycles. The van der Waals surface area contributed by atoms with Gasteiger partial charge < -0.3 is 14.8 Å². The van der Waals surface area contributed by atoms with Crippen LogP contribution in [0.5, 0.6) is 0 Å². The van der Waals surface area contributed by atoms with Gasteiger partial charge in [-0.2, -0.15) is 0 Å². The van der Waals surface area contributed by atoms with E-state index in [9.17, 15) is 0 Å². The fraction of sp³-hybridized carbons (Fsp3) is 1.00. The average molecular weight is 203 g/mol. The highest BCUT2D eigenvalue weighted by atomic mass is 16.5. The summed E-state index contributed by atoms with van der Waals surface area (Å²) in [5.41, 5.74) is 0. The maximum atomic E-state index is 5.35. The van der Waals surface area contributed by atoms with E-state index in [0.717, 1.165) is 19.1 Å². The Morgan fingerprint density at radius 3 is 2.43 bits per heavy atom. The van der Waals surface area contributed by atoms with E-state index in [1.807, 2.05) is 0 Å². The Labute approximate surface area is 88.2 Å². The van der Waals surface area contributed by atoms with Crippen LogP contribution in [-0.2, 0) is 9.47 Å². The predicted molar refractivity (Wildman–Crippen MR) is 59.6 cm³/mol. The quantitative estimate of drug-likeness (QED) is 0.578. The Morgan fingerprint density at radius 2 is 1.86 bits per heavy atom. The summed E-state index contributed by atoms with van der Waals surface area (Å²) in [5, 5.41) is 3.44. The number of nitrogens with one attached hydrogen (secondary N) is 1. The topological polar surface area (TPSA) is 30.5 Å². The van der Waals surface area contributed by atoms with Crippen molar-refractivity contribution in [3.8, 4) is 0 Å². The Hall–Kier alpha value is -0.120. The first-order valence-electron chi connectivity index (χ1n) is 5.52. The van der Waals surface area contributed by atoms with Gasteiger partial charge in [-0.05, 0) is 12.8 Å². The second kappa shape index (κ2) is 9.44. The summed E-state index contributed by atoms with van der Waals surface area (Å²) in [7, 11) is 1.69. The molecule has 14 heavy (non-hydrogen) atoms. The van der Waals surface area contributed by atoms with Gasteiger partial charge in [0.2, 0.25) is 0 Å². The van der Waals surface area contributed by atoms with Gasteiger partial charge in [0, 0.05) is 19.7 Å². The van der Waals surface area contributed by atoms with Crippen molar-refractivity contribution in [2.45, 2.75) is 33.2 Å². The molecule has 0 bridgehead atoms. The first kappa shape index (κ1) is 13.9. The van der Waals surface area contributed by atoms with Crippen LogP contribution in [0.2, 0.25) is 0 Å². The van der Waals surface area contributed by atoms with E-state index < -0.39 is 0 Å². The molecule has 0 aromatic carbocycles. The summed E-state index contributed by atoms with van der Waals surface area (Å²) in [6.07, 6.45) is 1.22. The highest BCUT2D eigenvalue weighted by Crippen LogP contribution is 2.05. The van der Waals surface area contributed by atoms with Crippen molar-refractivity contribution in [2.75, 3.05) is 33.5 Å². The summed E-state index contributed by atoms with van der Waals surface area (Å²) < 4.78 is 10.2. The third-order valence-corrected chi connectivity index (χ3v) is 2.64. The third-order valence-electron chi connectivity index (χ3n) is 2.64. The van der Waals surface area contributed by atoms with Crippen molar-refractivity contribution in [2.24, 2.45) is 5.92 Å². The van der Waals surface area contributed by atoms with Crippen LogP contribution in [0.3, 0.4) is 0 Å². The Balaban J connectivity index is 3.18. The summed E-state index contributed by atoms with van der Waals surface area (Å²) in [6, 6.07) is 0.575. The monoisotopic (exact) mass is 203 g/mol. The Kier molecular flexibility index (Phi) is 9.35. The van der Waals surface area contributed by atoms with Gasteiger partial charge in [0.15, 0.2) is 0 Å². The number of hydrogen-bond donors (Lipinski definition) is 1. The van der Waals surface area contributed by atoms with E-state index in [4.69, 9.17) is 9.47 Å². The van der Waals surface area contributed by atoms with Crippen molar-refractivity contribution in [3.63, 3.8) is 0 Å². The van der Waals surface area contributed by atoms with Crippen LogP contribution >= 0.6 is 0 Å². The highest BCUT2D eigenvalue weighted by Gasteiger charge is 2.07. The molecular weight excluding hydrogens is 178 g/mol. The minimum atomic E-state index is 0.575. The molecule has 3 nitrogen and oxygen atoms in total. The van der Waals surface area contributed by atoms with Crippen LogP contribution in [0.1, 0.15) is 27.2 Å². The zero-order valence-electron chi connectivity index (χ0n) is 10.0. The van der Waals surface area contributed by atoms with Crippen LogP contribution < -0.4 is 5.32 Å². The zero-order chi connectivity index (χ0) is 10.8. The normalized spacial score (nSPS) is 15.4. The molecule has 0 saturated heterocycles. The molecule has 0 heterocycles. The van der Waals surface area contributed by atoms with Crippen molar-refractivity contribution < 1.29 is 9.47 Å². The predicted octanol–water partition coefficient (Wildman–Crippen LogP) is 1.67. The molecule has 0 rings (SSSR count). The fourth-order valence-corrected chi connectivity index (χ4v) is 1.16. The van der Waals surface area contributed by atoms with E-state index in [1.165, 1.54) is 6.42 Å². The van der Waals surface area contributed by atoms with Gasteiger partial charge in [0.1, 0.15) is 0 Å². The van der Waals surface area contributed by atoms with Gasteiger partial charge in [-0.25, -0.2) is 0 Å². The van der Waals surface area contributed by atoms with Gasteiger partial charge >= 0.3 is 0 Å². The van der Waals surface area contributed by atoms with Gasteiger partial charge in [-0.15, -0.1) is 0 Å². The lowest BCUT2D eigenvalue weighted by molar-refractivity contribution is 0.0705. The molecule has 2 atom stereocenters. The number of methoxy groups -OCH3 is 1. The molecule has 0 aliphatic rings. The summed E-state index contributed by atoms with van der Waals surface area (Å²) in [5.74, 6) is 0.731. The van der Waals surface area contributed by atoms with E-state index >= 15 is 0 Å². The maximum absolute atomic E-state index is 5.35. The molecule has 2 unspecified atom stereocenters. The molecule has 3 heteroatoms. The van der Waals surface area contributed by atoms with Crippen molar-refractivity contribution in [3.05, 3.63) is 0 Å². The first-order chi connectivity index (χ1) is 6.72. The number of hydrogen-bond acceptors (Lipinski definition) is 3. The maximum Gasteiger partial charge on any atom is 0.0700 e. The van der Waals surface area contributed by atoms with Crippen molar-refractivity contribution in [1.29, 1.82) is 0 Å². The Morgan fingerprint density at radius 1 is 1.14 bits per heavy atom. The molecule has 0 saturated carbocycles. The molecule has 0 spiro atoms. The largest absolute Gasteiger partial charge is 0.382 e. The van der Waals surface area contributed by atoms with Crippen LogP contribution in [0, 0.1) is 5.92 Å². The van der Waals surface area contributed by atoms with Crippen molar-refractivity contribution in [1.82, 2.24) is 5.32 Å². The molecule has 0 fully saturated rings. The molecule has 86 valence electrons. The first-order valence-corrected chi connectivity index (χ1v) is 5.52. The lowest BCUT2D eigenvalue weighted by atomic mass is 10.0. The summed E-state index contributed by atoms with van der Waals surface area (Å²) in [4.78, 5) is 0. The highest BCUT2D eigenvalue weighted by molar-refractivity contribution is 4.66. The lowest BCUT2D eigenvalue weighted by Crippen LogP contribution is -2.34. The van der Waals surface area contributed by atoms with E-state index in [-0.39, 0.29) is 0 Å². The zero-order valence-corrected chi connectivity index (χ0v) is 10.0. The van der Waals surface area contributed by atoms with Crippen LogP contribution in [0.4, 0.5) is 0 Å². The standard InChI is InChI=1S/C11H25NO2/c1-5-10(2)11(3)12-6-7-14-9-8-13-4/h10-12H,5-9H2,1-4H3. The van der Waals surface area contributed by atoms with Crippen LogP contribution in [-0.4, -0.2) is 39.5 Å². The molecule has 0 aliphatic carbocycles. The molecule has 0 aromatic heterocycles. The minimum absolute atomic E-state index is 0.575. The van der Waals surface area contributed by atoms with E-state index in [0.29, 0.717) is 19.3 Å². The second-order valence-corrected chi connectivity index (χ2v) is 3.73. The van der Waals surface area contributed by atoms with Crippen LogP contribution in [0.15, 0.2) is 0 Å². The minimum Gasteiger partial charge on any atom is -0.382 e.